The van der Waals surface area contributed by atoms with Gasteiger partial charge in [-0.2, -0.15) is 4.98 Å². The average Bonchev–Trinajstić information content (AvgIpc) is 3.11. The van der Waals surface area contributed by atoms with Crippen LogP contribution in [0.25, 0.3) is 0 Å². The van der Waals surface area contributed by atoms with E-state index in [0.717, 1.165) is 24.8 Å². The monoisotopic (exact) mass is 313 g/mol. The van der Waals surface area contributed by atoms with Gasteiger partial charge in [-0.25, -0.2) is 0 Å². The molecule has 23 heavy (non-hydrogen) atoms. The first kappa shape index (κ1) is 16.2. The summed E-state index contributed by atoms with van der Waals surface area (Å²) in [6, 6.07) is 7.29. The third-order valence-electron chi connectivity index (χ3n) is 4.73. The van der Waals surface area contributed by atoms with Gasteiger partial charge >= 0.3 is 0 Å². The second-order valence-electron chi connectivity index (χ2n) is 7.74. The minimum absolute atomic E-state index is 0.0935. The highest BCUT2D eigenvalue weighted by Crippen LogP contribution is 2.33. The molecule has 2 heterocycles. The number of hydrogen-bond acceptors (Lipinski definition) is 4. The van der Waals surface area contributed by atoms with E-state index in [1.807, 2.05) is 0 Å². The van der Waals surface area contributed by atoms with Crippen molar-refractivity contribution in [3.63, 3.8) is 0 Å². The summed E-state index contributed by atoms with van der Waals surface area (Å²) in [6.07, 6.45) is 2.42. The fourth-order valence-corrected chi connectivity index (χ4v) is 3.17. The maximum Gasteiger partial charge on any atom is 0.232 e. The molecule has 1 atom stereocenters. The molecule has 3 rings (SSSR count). The van der Waals surface area contributed by atoms with Crippen molar-refractivity contribution in [2.75, 3.05) is 6.54 Å². The predicted molar refractivity (Wildman–Crippen MR) is 91.3 cm³/mol. The molecule has 0 aliphatic carbocycles. The van der Waals surface area contributed by atoms with Crippen molar-refractivity contribution in [3.8, 4) is 0 Å². The highest BCUT2D eigenvalue weighted by Gasteiger charge is 2.28. The minimum atomic E-state index is -0.0935. The molecule has 0 saturated carbocycles. The molecule has 1 unspecified atom stereocenters. The third-order valence-corrected chi connectivity index (χ3v) is 4.73. The van der Waals surface area contributed by atoms with Crippen molar-refractivity contribution in [2.45, 2.75) is 65.5 Å². The zero-order valence-electron chi connectivity index (χ0n) is 14.9. The average molecular weight is 313 g/mol. The number of likely N-dealkylation sites (tertiary alicyclic amines) is 1. The van der Waals surface area contributed by atoms with Gasteiger partial charge in [0.05, 0.1) is 6.54 Å². The van der Waals surface area contributed by atoms with Crippen LogP contribution in [0.15, 0.2) is 22.7 Å². The summed E-state index contributed by atoms with van der Waals surface area (Å²) < 4.78 is 5.43. The fourth-order valence-electron chi connectivity index (χ4n) is 3.17. The van der Waals surface area contributed by atoms with Gasteiger partial charge in [0.2, 0.25) is 5.89 Å². The maximum absolute atomic E-state index is 5.43. The summed E-state index contributed by atoms with van der Waals surface area (Å²) in [6.45, 7) is 12.5. The van der Waals surface area contributed by atoms with E-state index in [2.05, 4.69) is 67.9 Å². The molecular formula is C19H27N3O. The number of hydrogen-bond donors (Lipinski definition) is 0. The van der Waals surface area contributed by atoms with Gasteiger partial charge < -0.3 is 4.52 Å². The predicted octanol–water partition coefficient (Wildman–Crippen LogP) is 4.32. The molecule has 1 saturated heterocycles. The minimum Gasteiger partial charge on any atom is -0.339 e. The second-order valence-corrected chi connectivity index (χ2v) is 7.74. The van der Waals surface area contributed by atoms with Gasteiger partial charge in [-0.1, -0.05) is 44.1 Å². The van der Waals surface area contributed by atoms with Gasteiger partial charge in [0.25, 0.3) is 0 Å². The van der Waals surface area contributed by atoms with Crippen LogP contribution in [0.2, 0.25) is 0 Å². The van der Waals surface area contributed by atoms with Crippen molar-refractivity contribution < 1.29 is 4.52 Å². The Morgan fingerprint density at radius 2 is 2.00 bits per heavy atom. The molecule has 0 amide bonds. The smallest absolute Gasteiger partial charge is 0.232 e. The van der Waals surface area contributed by atoms with Crippen molar-refractivity contribution >= 4 is 0 Å². The van der Waals surface area contributed by atoms with Gasteiger partial charge in [0.15, 0.2) is 5.82 Å². The molecule has 1 aromatic carbocycles. The van der Waals surface area contributed by atoms with Crippen LogP contribution in [-0.4, -0.2) is 21.6 Å². The molecule has 4 heteroatoms. The number of aryl methyl sites for hydroxylation is 2. The van der Waals surface area contributed by atoms with Crippen LogP contribution in [0.1, 0.15) is 68.1 Å². The fraction of sp³-hybridized carbons (Fsp3) is 0.579. The van der Waals surface area contributed by atoms with E-state index < -0.39 is 0 Å². The zero-order valence-corrected chi connectivity index (χ0v) is 14.9. The number of aromatic nitrogens is 2. The highest BCUT2D eigenvalue weighted by molar-refractivity contribution is 5.32. The van der Waals surface area contributed by atoms with E-state index in [1.165, 1.54) is 29.5 Å². The number of benzene rings is 1. The van der Waals surface area contributed by atoms with Crippen LogP contribution in [0, 0.1) is 13.8 Å². The van der Waals surface area contributed by atoms with E-state index >= 15 is 0 Å². The maximum atomic E-state index is 5.43. The topological polar surface area (TPSA) is 42.2 Å². The Bertz CT molecular complexity index is 684. The molecule has 1 fully saturated rings. The van der Waals surface area contributed by atoms with Gasteiger partial charge in [-0.15, -0.1) is 0 Å². The van der Waals surface area contributed by atoms with Crippen LogP contribution in [0.3, 0.4) is 0 Å². The molecule has 124 valence electrons. The molecule has 0 spiro atoms. The van der Waals surface area contributed by atoms with E-state index in [4.69, 9.17) is 4.52 Å². The van der Waals surface area contributed by atoms with Crippen LogP contribution >= 0.6 is 0 Å². The summed E-state index contributed by atoms with van der Waals surface area (Å²) in [5.74, 6) is 1.51. The third kappa shape index (κ3) is 3.47. The van der Waals surface area contributed by atoms with Crippen molar-refractivity contribution in [3.05, 3.63) is 46.6 Å². The van der Waals surface area contributed by atoms with Crippen LogP contribution in [0.5, 0.6) is 0 Å². The van der Waals surface area contributed by atoms with Crippen molar-refractivity contribution in [1.82, 2.24) is 15.0 Å². The van der Waals surface area contributed by atoms with Crippen LogP contribution in [-0.2, 0) is 12.0 Å². The molecule has 0 radical (unpaired) electrons. The Hall–Kier alpha value is -1.68. The molecule has 2 aromatic rings. The van der Waals surface area contributed by atoms with Gasteiger partial charge in [-0.3, -0.25) is 4.90 Å². The lowest BCUT2D eigenvalue weighted by molar-refractivity contribution is 0.237. The van der Waals surface area contributed by atoms with Gasteiger partial charge in [0, 0.05) is 11.5 Å². The SMILES string of the molecule is Cc1ccc(C2CCCN2Cc2noc(C(C)(C)C)n2)cc1C. The molecule has 1 aliphatic rings. The lowest BCUT2D eigenvalue weighted by Gasteiger charge is -2.24. The first-order valence-corrected chi connectivity index (χ1v) is 8.49. The zero-order chi connectivity index (χ0) is 16.6. The van der Waals surface area contributed by atoms with E-state index in [9.17, 15) is 0 Å². The van der Waals surface area contributed by atoms with E-state index in [1.54, 1.807) is 0 Å². The lowest BCUT2D eigenvalue weighted by atomic mass is 9.97. The Morgan fingerprint density at radius 3 is 2.65 bits per heavy atom. The molecular weight excluding hydrogens is 286 g/mol. The lowest BCUT2D eigenvalue weighted by Crippen LogP contribution is -2.23. The Kier molecular flexibility index (Phi) is 4.28. The second kappa shape index (κ2) is 6.08. The summed E-state index contributed by atoms with van der Waals surface area (Å²) in [5.41, 5.74) is 4.03. The summed E-state index contributed by atoms with van der Waals surface area (Å²) in [7, 11) is 0. The highest BCUT2D eigenvalue weighted by atomic mass is 16.5. The van der Waals surface area contributed by atoms with Crippen molar-refractivity contribution in [2.24, 2.45) is 0 Å². The standard InChI is InChI=1S/C19H27N3O/c1-13-8-9-15(11-14(13)2)16-7-6-10-22(16)12-17-20-18(23-21-17)19(3,4)5/h8-9,11,16H,6-7,10,12H2,1-5H3. The Labute approximate surface area is 138 Å². The quantitative estimate of drug-likeness (QED) is 0.846. The first-order chi connectivity index (χ1) is 10.8. The summed E-state index contributed by atoms with van der Waals surface area (Å²) in [4.78, 5) is 7.06. The van der Waals surface area contributed by atoms with E-state index in [0.29, 0.717) is 6.04 Å². The number of rotatable bonds is 3. The van der Waals surface area contributed by atoms with Gasteiger partial charge in [0.1, 0.15) is 0 Å². The first-order valence-electron chi connectivity index (χ1n) is 8.49. The van der Waals surface area contributed by atoms with E-state index in [-0.39, 0.29) is 5.41 Å². The van der Waals surface area contributed by atoms with Gasteiger partial charge in [-0.05, 0) is 49.9 Å². The number of nitrogens with zero attached hydrogens (tertiary/aromatic N) is 3. The molecule has 0 N–H and O–H groups in total. The normalized spacial score (nSPS) is 19.4. The van der Waals surface area contributed by atoms with Crippen LogP contribution < -0.4 is 0 Å². The summed E-state index contributed by atoms with van der Waals surface area (Å²) in [5, 5.41) is 4.18. The Balaban J connectivity index is 1.76. The largest absolute Gasteiger partial charge is 0.339 e. The molecule has 4 nitrogen and oxygen atoms in total. The molecule has 1 aliphatic heterocycles. The summed E-state index contributed by atoms with van der Waals surface area (Å²) >= 11 is 0. The van der Waals surface area contributed by atoms with Crippen LogP contribution in [0.4, 0.5) is 0 Å². The molecule has 1 aromatic heterocycles. The Morgan fingerprint density at radius 1 is 1.22 bits per heavy atom. The molecule has 0 bridgehead atoms. The van der Waals surface area contributed by atoms with Crippen molar-refractivity contribution in [1.29, 1.82) is 0 Å².